The first-order valence-corrected chi connectivity index (χ1v) is 8.16. The third-order valence-corrected chi connectivity index (χ3v) is 3.75. The van der Waals surface area contributed by atoms with E-state index in [1.54, 1.807) is 24.3 Å². The standard InChI is InChI=1S/C19H17ClN2O3/c1-13-19(14-7-9-15(20)10-8-14)25-18(22-13)11-21-17(23)12-24-16-5-3-2-4-6-16/h2-10H,11-12H2,1H3,(H,21,23). The summed E-state index contributed by atoms with van der Waals surface area (Å²) in [5, 5.41) is 3.39. The Balaban J connectivity index is 1.56. The van der Waals surface area contributed by atoms with E-state index in [-0.39, 0.29) is 19.1 Å². The molecule has 0 fully saturated rings. The van der Waals surface area contributed by atoms with Crippen LogP contribution in [0.15, 0.2) is 59.0 Å². The van der Waals surface area contributed by atoms with Gasteiger partial charge in [-0.2, -0.15) is 0 Å². The van der Waals surface area contributed by atoms with Gasteiger partial charge in [-0.15, -0.1) is 0 Å². The monoisotopic (exact) mass is 356 g/mol. The number of aryl methyl sites for hydroxylation is 1. The Bertz CT molecular complexity index is 845. The molecule has 0 aliphatic carbocycles. The number of oxazole rings is 1. The van der Waals surface area contributed by atoms with Crippen molar-refractivity contribution < 1.29 is 13.9 Å². The van der Waals surface area contributed by atoms with Gasteiger partial charge in [0.25, 0.3) is 5.91 Å². The van der Waals surface area contributed by atoms with Crippen LogP contribution in [0.5, 0.6) is 5.75 Å². The molecule has 0 saturated carbocycles. The molecule has 1 amide bonds. The van der Waals surface area contributed by atoms with E-state index in [0.29, 0.717) is 22.4 Å². The molecule has 0 aliphatic rings. The molecule has 5 nitrogen and oxygen atoms in total. The molecule has 6 heteroatoms. The summed E-state index contributed by atoms with van der Waals surface area (Å²) in [4.78, 5) is 16.2. The number of nitrogens with one attached hydrogen (secondary N) is 1. The van der Waals surface area contributed by atoms with Crippen LogP contribution in [0.3, 0.4) is 0 Å². The molecular weight excluding hydrogens is 340 g/mol. The molecule has 1 heterocycles. The zero-order valence-electron chi connectivity index (χ0n) is 13.7. The summed E-state index contributed by atoms with van der Waals surface area (Å²) in [7, 11) is 0. The van der Waals surface area contributed by atoms with Crippen molar-refractivity contribution in [1.82, 2.24) is 10.3 Å². The Kier molecular flexibility index (Phi) is 5.36. The highest BCUT2D eigenvalue weighted by atomic mass is 35.5. The van der Waals surface area contributed by atoms with Crippen molar-refractivity contribution in [2.45, 2.75) is 13.5 Å². The second kappa shape index (κ2) is 7.85. The van der Waals surface area contributed by atoms with Gasteiger partial charge in [-0.3, -0.25) is 4.79 Å². The molecule has 0 radical (unpaired) electrons. The van der Waals surface area contributed by atoms with Crippen molar-refractivity contribution in [2.75, 3.05) is 6.61 Å². The van der Waals surface area contributed by atoms with E-state index < -0.39 is 0 Å². The van der Waals surface area contributed by atoms with Gasteiger partial charge < -0.3 is 14.5 Å². The highest BCUT2D eigenvalue weighted by Crippen LogP contribution is 2.25. The number of carbonyl (C=O) groups is 1. The van der Waals surface area contributed by atoms with Gasteiger partial charge in [-0.05, 0) is 43.3 Å². The number of rotatable bonds is 6. The lowest BCUT2D eigenvalue weighted by molar-refractivity contribution is -0.123. The predicted octanol–water partition coefficient (Wildman–Crippen LogP) is 4.00. The Labute approximate surface area is 150 Å². The van der Waals surface area contributed by atoms with Crippen molar-refractivity contribution in [3.63, 3.8) is 0 Å². The quantitative estimate of drug-likeness (QED) is 0.725. The van der Waals surface area contributed by atoms with Crippen molar-refractivity contribution in [3.8, 4) is 17.1 Å². The van der Waals surface area contributed by atoms with Crippen molar-refractivity contribution >= 4 is 17.5 Å². The molecule has 0 aliphatic heterocycles. The molecule has 0 atom stereocenters. The maximum absolute atomic E-state index is 11.9. The summed E-state index contributed by atoms with van der Waals surface area (Å²) in [6.45, 7) is 2.00. The first kappa shape index (κ1) is 17.0. The van der Waals surface area contributed by atoms with E-state index in [0.717, 1.165) is 11.3 Å². The second-order valence-corrected chi connectivity index (χ2v) is 5.84. The molecule has 1 N–H and O–H groups in total. The molecule has 2 aromatic carbocycles. The van der Waals surface area contributed by atoms with Crippen LogP contribution in [-0.2, 0) is 11.3 Å². The van der Waals surface area contributed by atoms with Gasteiger partial charge in [0.15, 0.2) is 12.4 Å². The molecule has 3 rings (SSSR count). The average molecular weight is 357 g/mol. The van der Waals surface area contributed by atoms with E-state index >= 15 is 0 Å². The highest BCUT2D eigenvalue weighted by Gasteiger charge is 2.12. The van der Waals surface area contributed by atoms with Crippen LogP contribution in [0.4, 0.5) is 0 Å². The molecular formula is C19H17ClN2O3. The minimum Gasteiger partial charge on any atom is -0.484 e. The smallest absolute Gasteiger partial charge is 0.258 e. The zero-order valence-corrected chi connectivity index (χ0v) is 14.4. The van der Waals surface area contributed by atoms with Crippen molar-refractivity contribution in [1.29, 1.82) is 0 Å². The molecule has 1 aromatic heterocycles. The van der Waals surface area contributed by atoms with Gasteiger partial charge in [-0.1, -0.05) is 29.8 Å². The number of ether oxygens (including phenoxy) is 1. The van der Waals surface area contributed by atoms with Crippen LogP contribution in [0, 0.1) is 6.92 Å². The maximum Gasteiger partial charge on any atom is 0.258 e. The van der Waals surface area contributed by atoms with E-state index in [4.69, 9.17) is 20.8 Å². The second-order valence-electron chi connectivity index (χ2n) is 5.41. The normalized spacial score (nSPS) is 10.5. The summed E-state index contributed by atoms with van der Waals surface area (Å²) in [6, 6.07) is 16.5. The van der Waals surface area contributed by atoms with Gasteiger partial charge in [0.2, 0.25) is 5.89 Å². The van der Waals surface area contributed by atoms with Gasteiger partial charge in [0.05, 0.1) is 12.2 Å². The van der Waals surface area contributed by atoms with Crippen LogP contribution >= 0.6 is 11.6 Å². The first-order valence-electron chi connectivity index (χ1n) is 7.78. The van der Waals surface area contributed by atoms with E-state index in [1.807, 2.05) is 37.3 Å². The number of hydrogen-bond donors (Lipinski definition) is 1. The summed E-state index contributed by atoms with van der Waals surface area (Å²) in [5.74, 6) is 1.51. The fraction of sp³-hybridized carbons (Fsp3) is 0.158. The van der Waals surface area contributed by atoms with Gasteiger partial charge in [0, 0.05) is 10.6 Å². The predicted molar refractivity (Wildman–Crippen MR) is 95.5 cm³/mol. The number of benzene rings is 2. The Morgan fingerprint density at radius 3 is 2.60 bits per heavy atom. The largest absolute Gasteiger partial charge is 0.484 e. The maximum atomic E-state index is 11.9. The minimum absolute atomic E-state index is 0.0618. The van der Waals surface area contributed by atoms with Crippen LogP contribution in [-0.4, -0.2) is 17.5 Å². The lowest BCUT2D eigenvalue weighted by Crippen LogP contribution is -2.28. The van der Waals surface area contributed by atoms with Crippen molar-refractivity contribution in [3.05, 3.63) is 71.2 Å². The number of aromatic nitrogens is 1. The lowest BCUT2D eigenvalue weighted by atomic mass is 10.1. The molecule has 0 saturated heterocycles. The number of para-hydroxylation sites is 1. The summed E-state index contributed by atoms with van der Waals surface area (Å²) < 4.78 is 11.1. The molecule has 25 heavy (non-hydrogen) atoms. The fourth-order valence-electron chi connectivity index (χ4n) is 2.29. The fourth-order valence-corrected chi connectivity index (χ4v) is 2.41. The highest BCUT2D eigenvalue weighted by molar-refractivity contribution is 6.30. The lowest BCUT2D eigenvalue weighted by Gasteiger charge is -2.05. The number of carbonyl (C=O) groups excluding carboxylic acids is 1. The van der Waals surface area contributed by atoms with Crippen molar-refractivity contribution in [2.24, 2.45) is 0 Å². The summed E-state index contributed by atoms with van der Waals surface area (Å²) >= 11 is 5.90. The third-order valence-electron chi connectivity index (χ3n) is 3.50. The Morgan fingerprint density at radius 2 is 1.88 bits per heavy atom. The topological polar surface area (TPSA) is 64.4 Å². The molecule has 0 bridgehead atoms. The van der Waals surface area contributed by atoms with Gasteiger partial charge in [-0.25, -0.2) is 4.98 Å². The van der Waals surface area contributed by atoms with Crippen LogP contribution in [0.2, 0.25) is 5.02 Å². The number of hydrogen-bond acceptors (Lipinski definition) is 4. The Hall–Kier alpha value is -2.79. The van der Waals surface area contributed by atoms with E-state index in [9.17, 15) is 4.79 Å². The molecule has 0 unspecified atom stereocenters. The SMILES string of the molecule is Cc1nc(CNC(=O)COc2ccccc2)oc1-c1ccc(Cl)cc1. The third kappa shape index (κ3) is 4.61. The van der Waals surface area contributed by atoms with Crippen LogP contribution in [0.1, 0.15) is 11.6 Å². The van der Waals surface area contributed by atoms with Crippen LogP contribution in [0.25, 0.3) is 11.3 Å². The number of nitrogens with zero attached hydrogens (tertiary/aromatic N) is 1. The Morgan fingerprint density at radius 1 is 1.16 bits per heavy atom. The zero-order chi connectivity index (χ0) is 17.6. The van der Waals surface area contributed by atoms with Gasteiger partial charge >= 0.3 is 0 Å². The molecule has 0 spiro atoms. The number of halogens is 1. The number of amides is 1. The summed E-state index contributed by atoms with van der Waals surface area (Å²) in [6.07, 6.45) is 0. The minimum atomic E-state index is -0.243. The molecule has 3 aromatic rings. The first-order chi connectivity index (χ1) is 12.1. The average Bonchev–Trinajstić information content (AvgIpc) is 3.00. The summed E-state index contributed by atoms with van der Waals surface area (Å²) in [5.41, 5.74) is 1.64. The van der Waals surface area contributed by atoms with E-state index in [2.05, 4.69) is 10.3 Å². The van der Waals surface area contributed by atoms with Crippen LogP contribution < -0.4 is 10.1 Å². The molecule has 128 valence electrons. The van der Waals surface area contributed by atoms with E-state index in [1.165, 1.54) is 0 Å². The van der Waals surface area contributed by atoms with Gasteiger partial charge in [0.1, 0.15) is 5.75 Å².